The number of amides is 2. The van der Waals surface area contributed by atoms with Crippen LogP contribution in [0.5, 0.6) is 0 Å². The quantitative estimate of drug-likeness (QED) is 0.593. The molecule has 6 nitrogen and oxygen atoms in total. The van der Waals surface area contributed by atoms with E-state index in [1.807, 2.05) is 61.5 Å². The van der Waals surface area contributed by atoms with Crippen LogP contribution in [0.15, 0.2) is 59.7 Å². The predicted molar refractivity (Wildman–Crippen MR) is 101 cm³/mol. The Kier molecular flexibility index (Phi) is 7.36. The van der Waals surface area contributed by atoms with E-state index in [1.165, 1.54) is 0 Å². The first-order chi connectivity index (χ1) is 12.6. The molecule has 0 aliphatic carbocycles. The Bertz CT molecular complexity index is 743. The molecule has 0 spiro atoms. The molecule has 2 N–H and O–H groups in total. The molecule has 2 aromatic rings. The summed E-state index contributed by atoms with van der Waals surface area (Å²) in [6, 6.07) is 16.4. The maximum absolute atomic E-state index is 12.4. The third-order valence-electron chi connectivity index (χ3n) is 3.63. The number of hydrogen-bond donors (Lipinski definition) is 2. The van der Waals surface area contributed by atoms with Crippen molar-refractivity contribution in [3.8, 4) is 0 Å². The first-order valence-electron chi connectivity index (χ1n) is 8.45. The lowest BCUT2D eigenvalue weighted by molar-refractivity contribution is -0.123. The van der Waals surface area contributed by atoms with Gasteiger partial charge in [-0.25, -0.2) is 10.2 Å². The van der Waals surface area contributed by atoms with Crippen molar-refractivity contribution < 1.29 is 14.3 Å². The van der Waals surface area contributed by atoms with Crippen LogP contribution in [0.3, 0.4) is 0 Å². The fraction of sp³-hybridized carbons (Fsp3) is 0.250. The second kappa shape index (κ2) is 9.98. The standard InChI is InChI=1S/C20H23N3O3/c1-3-26-20(25)22-18(13-16-7-5-4-6-8-16)19(24)23-21-14-17-11-9-15(2)10-12-17/h4-12,14,18H,3,13H2,1-2H3,(H,22,25)(H,23,24)/b21-14-/t18-/m0/s1. The van der Waals surface area contributed by atoms with Crippen molar-refractivity contribution >= 4 is 18.2 Å². The number of ether oxygens (including phenoxy) is 1. The molecular formula is C20H23N3O3. The summed E-state index contributed by atoms with van der Waals surface area (Å²) in [5, 5.41) is 6.55. The first kappa shape index (κ1) is 19.2. The summed E-state index contributed by atoms with van der Waals surface area (Å²) in [6.45, 7) is 3.94. The van der Waals surface area contributed by atoms with Gasteiger partial charge in [0.1, 0.15) is 6.04 Å². The molecule has 0 fully saturated rings. The van der Waals surface area contributed by atoms with Crippen LogP contribution >= 0.6 is 0 Å². The van der Waals surface area contributed by atoms with Gasteiger partial charge in [0.15, 0.2) is 0 Å². The Labute approximate surface area is 153 Å². The number of hydrazone groups is 1. The lowest BCUT2D eigenvalue weighted by atomic mass is 10.1. The summed E-state index contributed by atoms with van der Waals surface area (Å²) in [5.74, 6) is -0.412. The van der Waals surface area contributed by atoms with E-state index in [-0.39, 0.29) is 6.61 Å². The van der Waals surface area contributed by atoms with Crippen molar-refractivity contribution in [2.75, 3.05) is 6.61 Å². The maximum atomic E-state index is 12.4. The molecule has 136 valence electrons. The van der Waals surface area contributed by atoms with Gasteiger partial charge in [0.2, 0.25) is 0 Å². The van der Waals surface area contributed by atoms with Gasteiger partial charge in [-0.15, -0.1) is 0 Å². The Morgan fingerprint density at radius 2 is 1.81 bits per heavy atom. The molecule has 0 radical (unpaired) electrons. The average molecular weight is 353 g/mol. The smallest absolute Gasteiger partial charge is 0.407 e. The van der Waals surface area contributed by atoms with Crippen LogP contribution in [-0.4, -0.2) is 30.9 Å². The molecule has 0 aliphatic rings. The summed E-state index contributed by atoms with van der Waals surface area (Å²) in [5.41, 5.74) is 5.41. The number of carbonyl (C=O) groups excluding carboxylic acids is 2. The van der Waals surface area contributed by atoms with Gasteiger partial charge in [-0.2, -0.15) is 5.10 Å². The zero-order valence-electron chi connectivity index (χ0n) is 14.9. The maximum Gasteiger partial charge on any atom is 0.407 e. The number of hydrogen-bond acceptors (Lipinski definition) is 4. The van der Waals surface area contributed by atoms with Gasteiger partial charge in [0.25, 0.3) is 5.91 Å². The normalized spacial score (nSPS) is 11.8. The van der Waals surface area contributed by atoms with Gasteiger partial charge in [-0.1, -0.05) is 60.2 Å². The van der Waals surface area contributed by atoms with Gasteiger partial charge >= 0.3 is 6.09 Å². The third kappa shape index (κ3) is 6.39. The van der Waals surface area contributed by atoms with E-state index in [0.717, 1.165) is 16.7 Å². The Hall–Kier alpha value is -3.15. The summed E-state index contributed by atoms with van der Waals surface area (Å²) in [7, 11) is 0. The number of rotatable bonds is 7. The van der Waals surface area contributed by atoms with E-state index < -0.39 is 18.0 Å². The van der Waals surface area contributed by atoms with Crippen LogP contribution in [0.25, 0.3) is 0 Å². The zero-order chi connectivity index (χ0) is 18.8. The molecule has 0 aliphatic heterocycles. The Morgan fingerprint density at radius 3 is 2.46 bits per heavy atom. The summed E-state index contributed by atoms with van der Waals surface area (Å²) < 4.78 is 4.88. The minimum atomic E-state index is -0.786. The van der Waals surface area contributed by atoms with E-state index >= 15 is 0 Å². The summed E-state index contributed by atoms with van der Waals surface area (Å²) in [6.07, 6.45) is 1.26. The van der Waals surface area contributed by atoms with Crippen molar-refractivity contribution in [3.05, 3.63) is 71.3 Å². The molecule has 1 atom stereocenters. The first-order valence-corrected chi connectivity index (χ1v) is 8.45. The van der Waals surface area contributed by atoms with Crippen LogP contribution < -0.4 is 10.7 Å². The lowest BCUT2D eigenvalue weighted by Gasteiger charge is -2.16. The number of aryl methyl sites for hydroxylation is 1. The fourth-order valence-corrected chi connectivity index (χ4v) is 2.27. The Morgan fingerprint density at radius 1 is 1.12 bits per heavy atom. The molecule has 0 heterocycles. The zero-order valence-corrected chi connectivity index (χ0v) is 14.9. The van der Waals surface area contributed by atoms with Gasteiger partial charge in [0, 0.05) is 6.42 Å². The topological polar surface area (TPSA) is 79.8 Å². The molecule has 6 heteroatoms. The lowest BCUT2D eigenvalue weighted by Crippen LogP contribution is -2.47. The molecule has 26 heavy (non-hydrogen) atoms. The van der Waals surface area contributed by atoms with E-state index in [0.29, 0.717) is 6.42 Å². The largest absolute Gasteiger partial charge is 0.450 e. The molecule has 0 saturated carbocycles. The highest BCUT2D eigenvalue weighted by molar-refractivity contribution is 5.87. The van der Waals surface area contributed by atoms with E-state index in [2.05, 4.69) is 15.8 Å². The van der Waals surface area contributed by atoms with Gasteiger partial charge in [-0.3, -0.25) is 4.79 Å². The van der Waals surface area contributed by atoms with Crippen LogP contribution in [-0.2, 0) is 16.0 Å². The molecule has 2 rings (SSSR count). The fourth-order valence-electron chi connectivity index (χ4n) is 2.27. The van der Waals surface area contributed by atoms with Gasteiger partial charge in [-0.05, 0) is 25.0 Å². The molecule has 0 aromatic heterocycles. The van der Waals surface area contributed by atoms with Crippen LogP contribution in [0.4, 0.5) is 4.79 Å². The molecule has 0 unspecified atom stereocenters. The molecule has 0 saturated heterocycles. The van der Waals surface area contributed by atoms with Gasteiger partial charge in [0.05, 0.1) is 12.8 Å². The van der Waals surface area contributed by atoms with Crippen molar-refractivity contribution in [1.82, 2.24) is 10.7 Å². The number of nitrogens with one attached hydrogen (secondary N) is 2. The van der Waals surface area contributed by atoms with Crippen LogP contribution in [0.1, 0.15) is 23.6 Å². The predicted octanol–water partition coefficient (Wildman–Crippen LogP) is 2.80. The van der Waals surface area contributed by atoms with Crippen molar-refractivity contribution in [2.24, 2.45) is 5.10 Å². The SMILES string of the molecule is CCOC(=O)N[C@@H](Cc1ccccc1)C(=O)N/N=C\c1ccc(C)cc1. The molecular weight excluding hydrogens is 330 g/mol. The average Bonchev–Trinajstić information content (AvgIpc) is 2.64. The minimum absolute atomic E-state index is 0.233. The van der Waals surface area contributed by atoms with E-state index in [4.69, 9.17) is 4.74 Å². The van der Waals surface area contributed by atoms with E-state index in [9.17, 15) is 9.59 Å². The monoisotopic (exact) mass is 353 g/mol. The highest BCUT2D eigenvalue weighted by Crippen LogP contribution is 2.04. The number of benzene rings is 2. The van der Waals surface area contributed by atoms with Crippen molar-refractivity contribution in [2.45, 2.75) is 26.3 Å². The second-order valence-electron chi connectivity index (χ2n) is 5.75. The third-order valence-corrected chi connectivity index (χ3v) is 3.63. The molecule has 0 bridgehead atoms. The number of carbonyl (C=O) groups is 2. The van der Waals surface area contributed by atoms with Crippen molar-refractivity contribution in [3.63, 3.8) is 0 Å². The van der Waals surface area contributed by atoms with E-state index in [1.54, 1.807) is 13.1 Å². The van der Waals surface area contributed by atoms with Crippen LogP contribution in [0.2, 0.25) is 0 Å². The summed E-state index contributed by atoms with van der Waals surface area (Å²) in [4.78, 5) is 24.2. The van der Waals surface area contributed by atoms with Crippen LogP contribution in [0, 0.1) is 6.92 Å². The highest BCUT2D eigenvalue weighted by Gasteiger charge is 2.21. The van der Waals surface area contributed by atoms with Crippen molar-refractivity contribution in [1.29, 1.82) is 0 Å². The highest BCUT2D eigenvalue weighted by atomic mass is 16.5. The number of alkyl carbamates (subject to hydrolysis) is 1. The molecule has 2 aromatic carbocycles. The summed E-state index contributed by atoms with van der Waals surface area (Å²) >= 11 is 0. The second-order valence-corrected chi connectivity index (χ2v) is 5.75. The molecule has 2 amide bonds. The van der Waals surface area contributed by atoms with Gasteiger partial charge < -0.3 is 10.1 Å². The number of nitrogens with zero attached hydrogens (tertiary/aromatic N) is 1. The minimum Gasteiger partial charge on any atom is -0.450 e. The Balaban J connectivity index is 2.01.